The van der Waals surface area contributed by atoms with E-state index >= 15 is 4.39 Å². The molecule has 1 fully saturated rings. The zero-order valence-corrected chi connectivity index (χ0v) is 19.9. The summed E-state index contributed by atoms with van der Waals surface area (Å²) < 4.78 is 48.8. The van der Waals surface area contributed by atoms with Gasteiger partial charge in [-0.15, -0.1) is 0 Å². The molecule has 0 atom stereocenters. The molecule has 0 spiro atoms. The van der Waals surface area contributed by atoms with Crippen molar-refractivity contribution in [1.29, 1.82) is 0 Å². The van der Waals surface area contributed by atoms with E-state index in [0.29, 0.717) is 12.0 Å². The van der Waals surface area contributed by atoms with Crippen molar-refractivity contribution in [3.8, 4) is 16.9 Å². The molecule has 1 saturated carbocycles. The second-order valence-corrected chi connectivity index (χ2v) is 9.82. The summed E-state index contributed by atoms with van der Waals surface area (Å²) in [5, 5.41) is 0. The van der Waals surface area contributed by atoms with E-state index in [4.69, 9.17) is 4.74 Å². The monoisotopic (exact) mass is 456 g/mol. The van der Waals surface area contributed by atoms with Gasteiger partial charge in [0.25, 0.3) is 0 Å². The van der Waals surface area contributed by atoms with Crippen LogP contribution in [0.3, 0.4) is 0 Å². The fourth-order valence-electron chi connectivity index (χ4n) is 5.60. The summed E-state index contributed by atoms with van der Waals surface area (Å²) in [6, 6.07) is 6.17. The highest BCUT2D eigenvalue weighted by atomic mass is 19.2. The molecular weight excluding hydrogens is 421 g/mol. The maximum atomic E-state index is 15.3. The van der Waals surface area contributed by atoms with Gasteiger partial charge in [-0.3, -0.25) is 0 Å². The summed E-state index contributed by atoms with van der Waals surface area (Å²) in [4.78, 5) is 0. The van der Waals surface area contributed by atoms with Crippen LogP contribution in [0, 0.1) is 29.3 Å². The predicted octanol–water partition coefficient (Wildman–Crippen LogP) is 8.58. The number of allylic oxidation sites excluding steroid dienone is 2. The summed E-state index contributed by atoms with van der Waals surface area (Å²) in [5.41, 5.74) is 2.97. The Balaban J connectivity index is 1.39. The second-order valence-electron chi connectivity index (χ2n) is 9.82. The molecule has 1 nitrogen and oxygen atoms in total. The minimum atomic E-state index is -1.09. The van der Waals surface area contributed by atoms with Gasteiger partial charge in [0.15, 0.2) is 11.6 Å². The molecule has 0 aromatic heterocycles. The summed E-state index contributed by atoms with van der Waals surface area (Å²) in [6.45, 7) is 2.27. The Morgan fingerprint density at radius 3 is 2.21 bits per heavy atom. The van der Waals surface area contributed by atoms with Crippen molar-refractivity contribution in [3.63, 3.8) is 0 Å². The summed E-state index contributed by atoms with van der Waals surface area (Å²) in [6.07, 6.45) is 15.2. The SMILES string of the molecule is CCCCC1CCC(CCC2=CCc3c(ccc(-c4ccc(OC)c(F)c4F)c3F)C2)CC1. The van der Waals surface area contributed by atoms with Gasteiger partial charge in [-0.25, -0.2) is 8.78 Å². The molecule has 0 radical (unpaired) electrons. The van der Waals surface area contributed by atoms with E-state index in [1.165, 1.54) is 76.2 Å². The van der Waals surface area contributed by atoms with Gasteiger partial charge < -0.3 is 4.74 Å². The maximum absolute atomic E-state index is 15.3. The van der Waals surface area contributed by atoms with Crippen LogP contribution in [0.1, 0.15) is 75.8 Å². The Labute approximate surface area is 196 Å². The molecule has 0 saturated heterocycles. The molecule has 2 aromatic rings. The van der Waals surface area contributed by atoms with E-state index in [1.54, 1.807) is 6.07 Å². The molecule has 0 bridgehead atoms. The number of benzene rings is 2. The minimum Gasteiger partial charge on any atom is -0.494 e. The van der Waals surface area contributed by atoms with Crippen LogP contribution in [-0.4, -0.2) is 7.11 Å². The first-order valence-corrected chi connectivity index (χ1v) is 12.5. The zero-order chi connectivity index (χ0) is 23.4. The van der Waals surface area contributed by atoms with Crippen LogP contribution in [0.25, 0.3) is 11.1 Å². The summed E-state index contributed by atoms with van der Waals surface area (Å²) >= 11 is 0. The number of ether oxygens (including phenoxy) is 1. The Morgan fingerprint density at radius 1 is 0.848 bits per heavy atom. The third-order valence-electron chi connectivity index (χ3n) is 7.72. The van der Waals surface area contributed by atoms with Gasteiger partial charge in [0.1, 0.15) is 5.82 Å². The molecule has 4 rings (SSSR count). The number of methoxy groups -OCH3 is 1. The van der Waals surface area contributed by atoms with E-state index in [9.17, 15) is 8.78 Å². The standard InChI is InChI=1S/C29H35F3O/c1-3-4-5-19-6-8-20(9-7-19)10-11-21-12-14-23-22(18-21)13-15-24(27(23)30)25-16-17-26(33-2)29(32)28(25)31/h12-13,15-17,19-20H,3-11,14,18H2,1-2H3. The van der Waals surface area contributed by atoms with E-state index < -0.39 is 17.5 Å². The average Bonchev–Trinajstić information content (AvgIpc) is 2.84. The largest absolute Gasteiger partial charge is 0.494 e. The molecule has 0 N–H and O–H groups in total. The lowest BCUT2D eigenvalue weighted by molar-refractivity contribution is 0.249. The quantitative estimate of drug-likeness (QED) is 0.361. The summed E-state index contributed by atoms with van der Waals surface area (Å²) in [7, 11) is 1.28. The van der Waals surface area contributed by atoms with Crippen LogP contribution >= 0.6 is 0 Å². The second kappa shape index (κ2) is 10.8. The van der Waals surface area contributed by atoms with E-state index in [2.05, 4.69) is 13.0 Å². The van der Waals surface area contributed by atoms with E-state index in [0.717, 1.165) is 30.2 Å². The van der Waals surface area contributed by atoms with Crippen molar-refractivity contribution in [2.45, 2.75) is 77.6 Å². The van der Waals surface area contributed by atoms with Gasteiger partial charge in [-0.1, -0.05) is 75.7 Å². The van der Waals surface area contributed by atoms with Gasteiger partial charge in [0.05, 0.1) is 7.11 Å². The molecule has 2 aromatic carbocycles. The molecule has 4 heteroatoms. The van der Waals surface area contributed by atoms with Gasteiger partial charge in [0, 0.05) is 11.1 Å². The summed E-state index contributed by atoms with van der Waals surface area (Å²) in [5.74, 6) is -1.05. The Morgan fingerprint density at radius 2 is 1.52 bits per heavy atom. The Hall–Kier alpha value is -2.23. The molecule has 0 heterocycles. The van der Waals surface area contributed by atoms with Crippen LogP contribution in [0.4, 0.5) is 13.2 Å². The lowest BCUT2D eigenvalue weighted by Crippen LogP contribution is -2.15. The fourth-order valence-corrected chi connectivity index (χ4v) is 5.60. The van der Waals surface area contributed by atoms with Crippen molar-refractivity contribution in [3.05, 3.63) is 64.5 Å². The molecule has 0 amide bonds. The van der Waals surface area contributed by atoms with Gasteiger partial charge in [-0.2, -0.15) is 4.39 Å². The Kier molecular flexibility index (Phi) is 7.82. The van der Waals surface area contributed by atoms with Gasteiger partial charge >= 0.3 is 0 Å². The highest BCUT2D eigenvalue weighted by Crippen LogP contribution is 2.38. The molecule has 2 aliphatic carbocycles. The average molecular weight is 457 g/mol. The number of fused-ring (bicyclic) bond motifs is 1. The van der Waals surface area contributed by atoms with Crippen molar-refractivity contribution >= 4 is 0 Å². The number of hydrogen-bond donors (Lipinski definition) is 0. The lowest BCUT2D eigenvalue weighted by Gasteiger charge is -2.29. The van der Waals surface area contributed by atoms with E-state index in [1.807, 2.05) is 6.07 Å². The molecule has 2 aliphatic rings. The van der Waals surface area contributed by atoms with Gasteiger partial charge in [-0.05, 0) is 60.8 Å². The lowest BCUT2D eigenvalue weighted by atomic mass is 9.77. The molecule has 0 unspecified atom stereocenters. The third kappa shape index (κ3) is 5.31. The number of unbranched alkanes of at least 4 members (excludes halogenated alkanes) is 1. The van der Waals surface area contributed by atoms with Crippen LogP contribution in [0.15, 0.2) is 35.9 Å². The third-order valence-corrected chi connectivity index (χ3v) is 7.72. The molecule has 0 aliphatic heterocycles. The number of hydrogen-bond acceptors (Lipinski definition) is 1. The number of rotatable bonds is 8. The molecule has 178 valence electrons. The van der Waals surface area contributed by atoms with E-state index in [-0.39, 0.29) is 16.9 Å². The zero-order valence-electron chi connectivity index (χ0n) is 19.9. The van der Waals surface area contributed by atoms with Crippen LogP contribution in [-0.2, 0) is 12.8 Å². The maximum Gasteiger partial charge on any atom is 0.201 e. The van der Waals surface area contributed by atoms with Crippen LogP contribution in [0.5, 0.6) is 5.75 Å². The van der Waals surface area contributed by atoms with Crippen molar-refractivity contribution < 1.29 is 17.9 Å². The first-order chi connectivity index (χ1) is 16.0. The van der Waals surface area contributed by atoms with Crippen molar-refractivity contribution in [2.75, 3.05) is 7.11 Å². The van der Waals surface area contributed by atoms with Crippen LogP contribution < -0.4 is 4.74 Å². The highest BCUT2D eigenvalue weighted by Gasteiger charge is 2.24. The normalized spacial score (nSPS) is 20.3. The van der Waals surface area contributed by atoms with Gasteiger partial charge in [0.2, 0.25) is 5.82 Å². The smallest absolute Gasteiger partial charge is 0.201 e. The minimum absolute atomic E-state index is 0.0714. The molecular formula is C29H35F3O. The predicted molar refractivity (Wildman–Crippen MR) is 128 cm³/mol. The van der Waals surface area contributed by atoms with Crippen LogP contribution in [0.2, 0.25) is 0 Å². The first kappa shape index (κ1) is 23.9. The fraction of sp³-hybridized carbons (Fsp3) is 0.517. The van der Waals surface area contributed by atoms with Crippen molar-refractivity contribution in [2.24, 2.45) is 11.8 Å². The van der Waals surface area contributed by atoms with Crippen molar-refractivity contribution in [1.82, 2.24) is 0 Å². The Bertz CT molecular complexity index is 1000. The first-order valence-electron chi connectivity index (χ1n) is 12.5. The highest BCUT2D eigenvalue weighted by molar-refractivity contribution is 5.68. The topological polar surface area (TPSA) is 9.23 Å². The number of halogens is 3. The molecule has 33 heavy (non-hydrogen) atoms.